The molecule has 1 saturated heterocycles. The van der Waals surface area contributed by atoms with Crippen molar-refractivity contribution in [1.29, 1.82) is 0 Å². The van der Waals surface area contributed by atoms with E-state index in [1.165, 1.54) is 17.5 Å². The molecule has 0 radical (unpaired) electrons. The summed E-state index contributed by atoms with van der Waals surface area (Å²) in [6.45, 7) is 7.32. The Labute approximate surface area is 122 Å². The van der Waals surface area contributed by atoms with Crippen molar-refractivity contribution < 1.29 is 4.74 Å². The number of nitrogens with two attached hydrogens (primary N) is 1. The fraction of sp³-hybridized carbons (Fsp3) is 0.647. The van der Waals surface area contributed by atoms with Crippen LogP contribution < -0.4 is 5.73 Å². The molecule has 0 saturated carbocycles. The molecule has 1 aliphatic heterocycles. The molecule has 3 rings (SSSR count). The fourth-order valence-electron chi connectivity index (χ4n) is 3.48. The zero-order valence-corrected chi connectivity index (χ0v) is 12.6. The second-order valence-corrected chi connectivity index (χ2v) is 6.50. The van der Waals surface area contributed by atoms with Crippen molar-refractivity contribution >= 4 is 0 Å². The van der Waals surface area contributed by atoms with Gasteiger partial charge in [0.2, 0.25) is 0 Å². The molecule has 1 fully saturated rings. The molecule has 1 heterocycles. The third-order valence-electron chi connectivity index (χ3n) is 4.85. The zero-order valence-electron chi connectivity index (χ0n) is 12.6. The van der Waals surface area contributed by atoms with Crippen LogP contribution in [-0.4, -0.2) is 42.8 Å². The number of morpholine rings is 1. The quantitative estimate of drug-likeness (QED) is 0.914. The Kier molecular flexibility index (Phi) is 4.11. The molecule has 20 heavy (non-hydrogen) atoms. The summed E-state index contributed by atoms with van der Waals surface area (Å²) in [5, 5.41) is 0. The molecule has 0 aromatic heterocycles. The van der Waals surface area contributed by atoms with E-state index in [0.717, 1.165) is 26.1 Å². The van der Waals surface area contributed by atoms with E-state index in [-0.39, 0.29) is 12.1 Å². The van der Waals surface area contributed by atoms with E-state index >= 15 is 0 Å². The van der Waals surface area contributed by atoms with Gasteiger partial charge in [0.1, 0.15) is 0 Å². The molecule has 0 bridgehead atoms. The SMILES string of the molecule is CC(C)N1CCOC(C(N)CC2Cc3ccccc32)C1. The highest BCUT2D eigenvalue weighted by molar-refractivity contribution is 5.39. The predicted molar refractivity (Wildman–Crippen MR) is 81.9 cm³/mol. The maximum Gasteiger partial charge on any atom is 0.0853 e. The first kappa shape index (κ1) is 14.1. The van der Waals surface area contributed by atoms with Gasteiger partial charge in [-0.1, -0.05) is 24.3 Å². The molecule has 1 aromatic carbocycles. The van der Waals surface area contributed by atoms with Gasteiger partial charge in [0.15, 0.2) is 0 Å². The third kappa shape index (κ3) is 2.76. The second-order valence-electron chi connectivity index (χ2n) is 6.50. The van der Waals surface area contributed by atoms with E-state index in [0.29, 0.717) is 12.0 Å². The molecule has 2 N–H and O–H groups in total. The average Bonchev–Trinajstić information content (AvgIpc) is 2.44. The summed E-state index contributed by atoms with van der Waals surface area (Å²) in [4.78, 5) is 2.47. The highest BCUT2D eigenvalue weighted by Crippen LogP contribution is 2.38. The van der Waals surface area contributed by atoms with Crippen LogP contribution in [0.3, 0.4) is 0 Å². The molecule has 1 aromatic rings. The van der Waals surface area contributed by atoms with Crippen LogP contribution in [0.5, 0.6) is 0 Å². The number of hydrogen-bond acceptors (Lipinski definition) is 3. The highest BCUT2D eigenvalue weighted by Gasteiger charge is 2.32. The highest BCUT2D eigenvalue weighted by atomic mass is 16.5. The number of nitrogens with zero attached hydrogens (tertiary/aromatic N) is 1. The first-order valence-electron chi connectivity index (χ1n) is 7.84. The van der Waals surface area contributed by atoms with Crippen LogP contribution >= 0.6 is 0 Å². The van der Waals surface area contributed by atoms with Crippen LogP contribution in [0.2, 0.25) is 0 Å². The van der Waals surface area contributed by atoms with Crippen molar-refractivity contribution in [2.45, 2.75) is 50.8 Å². The van der Waals surface area contributed by atoms with Crippen molar-refractivity contribution in [2.24, 2.45) is 5.73 Å². The Hall–Kier alpha value is -0.900. The topological polar surface area (TPSA) is 38.5 Å². The van der Waals surface area contributed by atoms with Gasteiger partial charge < -0.3 is 10.5 Å². The molecule has 110 valence electrons. The van der Waals surface area contributed by atoms with E-state index in [2.05, 4.69) is 43.0 Å². The number of hydrogen-bond donors (Lipinski definition) is 1. The lowest BCUT2D eigenvalue weighted by molar-refractivity contribution is -0.0517. The van der Waals surface area contributed by atoms with Crippen LogP contribution in [0.15, 0.2) is 24.3 Å². The number of benzene rings is 1. The minimum atomic E-state index is 0.148. The number of ether oxygens (including phenoxy) is 1. The first-order valence-corrected chi connectivity index (χ1v) is 7.84. The van der Waals surface area contributed by atoms with Crippen molar-refractivity contribution in [1.82, 2.24) is 4.90 Å². The Bertz CT molecular complexity index is 460. The Morgan fingerprint density at radius 1 is 1.35 bits per heavy atom. The monoisotopic (exact) mass is 274 g/mol. The van der Waals surface area contributed by atoms with E-state index in [1.807, 2.05) is 0 Å². The predicted octanol–water partition coefficient (Wildman–Crippen LogP) is 2.15. The zero-order chi connectivity index (χ0) is 14.1. The van der Waals surface area contributed by atoms with Gasteiger partial charge in [0.05, 0.1) is 12.7 Å². The standard InChI is InChI=1S/C17H26N2O/c1-12(2)19-7-8-20-17(11-19)16(18)10-14-9-13-5-3-4-6-15(13)14/h3-6,12,14,16-17H,7-11,18H2,1-2H3. The van der Waals surface area contributed by atoms with E-state index in [1.54, 1.807) is 0 Å². The largest absolute Gasteiger partial charge is 0.374 e. The van der Waals surface area contributed by atoms with Crippen LogP contribution in [0, 0.1) is 0 Å². The minimum Gasteiger partial charge on any atom is -0.374 e. The molecule has 3 heteroatoms. The van der Waals surface area contributed by atoms with Crippen molar-refractivity contribution in [3.8, 4) is 0 Å². The molecule has 1 aliphatic carbocycles. The van der Waals surface area contributed by atoms with Crippen LogP contribution in [0.4, 0.5) is 0 Å². The number of fused-ring (bicyclic) bond motifs is 1. The van der Waals surface area contributed by atoms with Gasteiger partial charge in [-0.05, 0) is 43.7 Å². The normalized spacial score (nSPS) is 28.0. The van der Waals surface area contributed by atoms with Crippen molar-refractivity contribution in [3.63, 3.8) is 0 Å². The summed E-state index contributed by atoms with van der Waals surface area (Å²) in [5.41, 5.74) is 9.42. The lowest BCUT2D eigenvalue weighted by Gasteiger charge is -2.40. The van der Waals surface area contributed by atoms with Gasteiger partial charge >= 0.3 is 0 Å². The van der Waals surface area contributed by atoms with E-state index in [4.69, 9.17) is 10.5 Å². The molecule has 3 unspecified atom stereocenters. The smallest absolute Gasteiger partial charge is 0.0853 e. The molecule has 0 amide bonds. The average molecular weight is 274 g/mol. The summed E-state index contributed by atoms with van der Waals surface area (Å²) in [7, 11) is 0. The Morgan fingerprint density at radius 3 is 2.90 bits per heavy atom. The van der Waals surface area contributed by atoms with Gasteiger partial charge in [-0.25, -0.2) is 0 Å². The van der Waals surface area contributed by atoms with Gasteiger partial charge in [-0.15, -0.1) is 0 Å². The Morgan fingerprint density at radius 2 is 2.15 bits per heavy atom. The van der Waals surface area contributed by atoms with Crippen LogP contribution in [0.1, 0.15) is 37.3 Å². The van der Waals surface area contributed by atoms with E-state index in [9.17, 15) is 0 Å². The lowest BCUT2D eigenvalue weighted by Crippen LogP contribution is -2.53. The first-order chi connectivity index (χ1) is 9.65. The minimum absolute atomic E-state index is 0.148. The summed E-state index contributed by atoms with van der Waals surface area (Å²) in [6, 6.07) is 9.47. The molecule has 2 aliphatic rings. The van der Waals surface area contributed by atoms with Crippen LogP contribution in [-0.2, 0) is 11.2 Å². The molecular weight excluding hydrogens is 248 g/mol. The summed E-state index contributed by atoms with van der Waals surface area (Å²) in [5.74, 6) is 0.638. The second kappa shape index (κ2) is 5.84. The maximum absolute atomic E-state index is 6.43. The van der Waals surface area contributed by atoms with E-state index < -0.39 is 0 Å². The van der Waals surface area contributed by atoms with Crippen molar-refractivity contribution in [2.75, 3.05) is 19.7 Å². The summed E-state index contributed by atoms with van der Waals surface area (Å²) in [6.07, 6.45) is 2.43. The molecular formula is C17H26N2O. The fourth-order valence-corrected chi connectivity index (χ4v) is 3.48. The third-order valence-corrected chi connectivity index (χ3v) is 4.85. The van der Waals surface area contributed by atoms with Gasteiger partial charge in [0.25, 0.3) is 0 Å². The van der Waals surface area contributed by atoms with Crippen molar-refractivity contribution in [3.05, 3.63) is 35.4 Å². The summed E-state index contributed by atoms with van der Waals surface area (Å²) < 4.78 is 5.91. The summed E-state index contributed by atoms with van der Waals surface area (Å²) >= 11 is 0. The Balaban J connectivity index is 1.56. The molecule has 3 atom stereocenters. The van der Waals surface area contributed by atoms with Gasteiger partial charge in [-0.3, -0.25) is 4.90 Å². The lowest BCUT2D eigenvalue weighted by atomic mass is 9.74. The number of rotatable bonds is 4. The van der Waals surface area contributed by atoms with Gasteiger partial charge in [0, 0.05) is 25.2 Å². The molecule has 3 nitrogen and oxygen atoms in total. The van der Waals surface area contributed by atoms with Gasteiger partial charge in [-0.2, -0.15) is 0 Å². The maximum atomic E-state index is 6.43. The molecule has 0 spiro atoms. The van der Waals surface area contributed by atoms with Crippen LogP contribution in [0.25, 0.3) is 0 Å².